The SMILES string of the molecule is CC1CCC(NC(=O)c2cc3n(n2)CC(C)(C(=O)NC2CCCCCC2)N(C)C3=O)CC1. The number of hydrogen-bond donors (Lipinski definition) is 2. The number of likely N-dealkylation sites (N-methyl/N-ethyl adjacent to an activating group) is 1. The largest absolute Gasteiger partial charge is 0.351 e. The lowest BCUT2D eigenvalue weighted by Gasteiger charge is -2.41. The molecule has 8 nitrogen and oxygen atoms in total. The van der Waals surface area contributed by atoms with Crippen LogP contribution < -0.4 is 10.6 Å². The van der Waals surface area contributed by atoms with Crippen molar-refractivity contribution in [2.24, 2.45) is 5.92 Å². The van der Waals surface area contributed by atoms with E-state index in [9.17, 15) is 14.4 Å². The lowest BCUT2D eigenvalue weighted by Crippen LogP contribution is -2.63. The standard InChI is InChI=1S/C24H37N5O3/c1-16-10-12-18(13-11-16)25-21(30)19-14-20-22(31)28(3)24(2,15-29(20)27-19)23(32)26-17-8-6-4-5-7-9-17/h14,16-18H,4-13,15H2,1-3H3,(H,25,30)(H,26,32). The molecule has 0 saturated heterocycles. The molecule has 3 amide bonds. The summed E-state index contributed by atoms with van der Waals surface area (Å²) in [6.07, 6.45) is 10.8. The van der Waals surface area contributed by atoms with Gasteiger partial charge in [0.05, 0.1) is 6.54 Å². The molecule has 32 heavy (non-hydrogen) atoms. The van der Waals surface area contributed by atoms with E-state index in [-0.39, 0.29) is 42.0 Å². The van der Waals surface area contributed by atoms with Crippen molar-refractivity contribution < 1.29 is 14.4 Å². The summed E-state index contributed by atoms with van der Waals surface area (Å²) in [7, 11) is 1.66. The molecule has 2 fully saturated rings. The Balaban J connectivity index is 1.46. The van der Waals surface area contributed by atoms with E-state index in [0.717, 1.165) is 51.4 Å². The minimum absolute atomic E-state index is 0.149. The number of carbonyl (C=O) groups excluding carboxylic acids is 3. The second kappa shape index (κ2) is 9.24. The molecule has 0 radical (unpaired) electrons. The van der Waals surface area contributed by atoms with E-state index in [1.54, 1.807) is 20.0 Å². The summed E-state index contributed by atoms with van der Waals surface area (Å²) in [5.41, 5.74) is -0.446. The Morgan fingerprint density at radius 2 is 1.62 bits per heavy atom. The molecular formula is C24H37N5O3. The third-order valence-corrected chi connectivity index (χ3v) is 7.76. The minimum atomic E-state index is -1.05. The van der Waals surface area contributed by atoms with Gasteiger partial charge in [0.15, 0.2) is 5.69 Å². The van der Waals surface area contributed by atoms with Crippen LogP contribution in [0.1, 0.15) is 99.0 Å². The summed E-state index contributed by atoms with van der Waals surface area (Å²) < 4.78 is 1.53. The van der Waals surface area contributed by atoms with Crippen LogP contribution in [0.25, 0.3) is 0 Å². The fraction of sp³-hybridized carbons (Fsp3) is 0.750. The van der Waals surface area contributed by atoms with Gasteiger partial charge in [-0.3, -0.25) is 19.1 Å². The average Bonchev–Trinajstić information content (AvgIpc) is 3.02. The molecule has 4 rings (SSSR count). The fourth-order valence-electron chi connectivity index (χ4n) is 5.27. The van der Waals surface area contributed by atoms with Crippen LogP contribution >= 0.6 is 0 Å². The topological polar surface area (TPSA) is 96.3 Å². The highest BCUT2D eigenvalue weighted by Gasteiger charge is 2.46. The first-order valence-electron chi connectivity index (χ1n) is 12.3. The Morgan fingerprint density at radius 1 is 1.00 bits per heavy atom. The molecule has 176 valence electrons. The highest BCUT2D eigenvalue weighted by molar-refractivity contribution is 6.01. The average molecular weight is 444 g/mol. The maximum absolute atomic E-state index is 13.3. The van der Waals surface area contributed by atoms with Crippen molar-refractivity contribution in [2.45, 2.75) is 102 Å². The molecule has 2 N–H and O–H groups in total. The Hall–Kier alpha value is -2.38. The second-order valence-corrected chi connectivity index (χ2v) is 10.3. The second-order valence-electron chi connectivity index (χ2n) is 10.3. The number of fused-ring (bicyclic) bond motifs is 1. The first kappa shape index (κ1) is 22.8. The molecule has 1 aromatic rings. The van der Waals surface area contributed by atoms with Crippen LogP contribution in [0.4, 0.5) is 0 Å². The van der Waals surface area contributed by atoms with E-state index in [2.05, 4.69) is 22.7 Å². The molecule has 2 saturated carbocycles. The summed E-state index contributed by atoms with van der Waals surface area (Å²) in [6, 6.07) is 1.87. The van der Waals surface area contributed by atoms with E-state index in [4.69, 9.17) is 0 Å². The van der Waals surface area contributed by atoms with Gasteiger partial charge in [0, 0.05) is 25.2 Å². The van der Waals surface area contributed by atoms with Crippen molar-refractivity contribution in [2.75, 3.05) is 7.05 Å². The number of nitrogens with zero attached hydrogens (tertiary/aromatic N) is 3. The van der Waals surface area contributed by atoms with Gasteiger partial charge in [-0.05, 0) is 51.4 Å². The van der Waals surface area contributed by atoms with Crippen LogP contribution in [0.3, 0.4) is 0 Å². The molecule has 8 heteroatoms. The number of nitrogens with one attached hydrogen (secondary N) is 2. The molecule has 1 aromatic heterocycles. The van der Waals surface area contributed by atoms with E-state index in [0.29, 0.717) is 11.6 Å². The van der Waals surface area contributed by atoms with Gasteiger partial charge < -0.3 is 15.5 Å². The van der Waals surface area contributed by atoms with Gasteiger partial charge in [-0.15, -0.1) is 0 Å². The molecule has 2 aliphatic carbocycles. The molecular weight excluding hydrogens is 406 g/mol. The van der Waals surface area contributed by atoms with E-state index in [1.165, 1.54) is 22.4 Å². The first-order chi connectivity index (χ1) is 15.3. The normalized spacial score (nSPS) is 29.2. The predicted octanol–water partition coefficient (Wildman–Crippen LogP) is 2.87. The van der Waals surface area contributed by atoms with Crippen LogP contribution in [0.5, 0.6) is 0 Å². The smallest absolute Gasteiger partial charge is 0.272 e. The number of rotatable bonds is 4. The van der Waals surface area contributed by atoms with Gasteiger partial charge in [0.1, 0.15) is 11.2 Å². The molecule has 1 atom stereocenters. The van der Waals surface area contributed by atoms with Crippen LogP contribution in [0.2, 0.25) is 0 Å². The number of carbonyl (C=O) groups is 3. The van der Waals surface area contributed by atoms with E-state index >= 15 is 0 Å². The van der Waals surface area contributed by atoms with Crippen LogP contribution in [0.15, 0.2) is 6.07 Å². The monoisotopic (exact) mass is 443 g/mol. The molecule has 0 bridgehead atoms. The molecule has 1 aliphatic heterocycles. The fourth-order valence-corrected chi connectivity index (χ4v) is 5.27. The van der Waals surface area contributed by atoms with Gasteiger partial charge in [-0.25, -0.2) is 0 Å². The Labute approximate surface area is 190 Å². The zero-order valence-corrected chi connectivity index (χ0v) is 19.7. The molecule has 2 heterocycles. The molecule has 1 unspecified atom stereocenters. The summed E-state index contributed by atoms with van der Waals surface area (Å²) in [4.78, 5) is 40.7. The molecule has 0 spiro atoms. The van der Waals surface area contributed by atoms with E-state index in [1.807, 2.05) is 0 Å². The van der Waals surface area contributed by atoms with Gasteiger partial charge in [-0.2, -0.15) is 5.10 Å². The third kappa shape index (κ3) is 4.55. The zero-order chi connectivity index (χ0) is 22.9. The van der Waals surface area contributed by atoms with Gasteiger partial charge in [0.2, 0.25) is 5.91 Å². The highest BCUT2D eigenvalue weighted by Crippen LogP contribution is 2.28. The van der Waals surface area contributed by atoms with Gasteiger partial charge in [-0.1, -0.05) is 32.6 Å². The predicted molar refractivity (Wildman–Crippen MR) is 121 cm³/mol. The number of aromatic nitrogens is 2. The highest BCUT2D eigenvalue weighted by atomic mass is 16.2. The van der Waals surface area contributed by atoms with Crippen LogP contribution in [-0.2, 0) is 11.3 Å². The maximum atomic E-state index is 13.3. The van der Waals surface area contributed by atoms with Crippen molar-refractivity contribution in [3.8, 4) is 0 Å². The lowest BCUT2D eigenvalue weighted by atomic mass is 9.87. The zero-order valence-electron chi connectivity index (χ0n) is 19.7. The van der Waals surface area contributed by atoms with Crippen molar-refractivity contribution in [1.29, 1.82) is 0 Å². The maximum Gasteiger partial charge on any atom is 0.272 e. The summed E-state index contributed by atoms with van der Waals surface area (Å²) in [5, 5.41) is 10.7. The number of amides is 3. The summed E-state index contributed by atoms with van der Waals surface area (Å²) in [5.74, 6) is 0.0288. The summed E-state index contributed by atoms with van der Waals surface area (Å²) in [6.45, 7) is 4.26. The first-order valence-corrected chi connectivity index (χ1v) is 12.3. The summed E-state index contributed by atoms with van der Waals surface area (Å²) >= 11 is 0. The van der Waals surface area contributed by atoms with Crippen molar-refractivity contribution >= 4 is 17.7 Å². The van der Waals surface area contributed by atoms with Crippen molar-refractivity contribution in [3.05, 3.63) is 17.5 Å². The van der Waals surface area contributed by atoms with Crippen LogP contribution in [-0.4, -0.2) is 57.1 Å². The van der Waals surface area contributed by atoms with E-state index < -0.39 is 5.54 Å². The van der Waals surface area contributed by atoms with Crippen molar-refractivity contribution in [3.63, 3.8) is 0 Å². The number of hydrogen-bond acceptors (Lipinski definition) is 4. The quantitative estimate of drug-likeness (QED) is 0.700. The van der Waals surface area contributed by atoms with Crippen LogP contribution in [0, 0.1) is 5.92 Å². The molecule has 3 aliphatic rings. The van der Waals surface area contributed by atoms with Gasteiger partial charge in [0.25, 0.3) is 11.8 Å². The molecule has 0 aromatic carbocycles. The Bertz CT molecular complexity index is 865. The lowest BCUT2D eigenvalue weighted by molar-refractivity contribution is -0.133. The Morgan fingerprint density at radius 3 is 2.28 bits per heavy atom. The van der Waals surface area contributed by atoms with Gasteiger partial charge >= 0.3 is 0 Å². The van der Waals surface area contributed by atoms with Crippen molar-refractivity contribution in [1.82, 2.24) is 25.3 Å². The minimum Gasteiger partial charge on any atom is -0.351 e. The Kier molecular flexibility index (Phi) is 6.58. The third-order valence-electron chi connectivity index (χ3n) is 7.76.